The molecule has 1 aromatic heterocycles. The summed E-state index contributed by atoms with van der Waals surface area (Å²) in [5, 5.41) is 11.9. The van der Waals surface area contributed by atoms with Gasteiger partial charge in [-0.2, -0.15) is 0 Å². The first kappa shape index (κ1) is 12.0. The number of aryl methyl sites for hydroxylation is 1. The number of likely N-dealkylation sites (tertiary alicyclic amines) is 1. The highest BCUT2D eigenvalue weighted by atomic mass is 32.1. The van der Waals surface area contributed by atoms with Crippen molar-refractivity contribution in [3.63, 3.8) is 0 Å². The number of aromatic nitrogens is 1. The van der Waals surface area contributed by atoms with Crippen LogP contribution in [0, 0.1) is 12.8 Å². The molecule has 5 nitrogen and oxygen atoms in total. The lowest BCUT2D eigenvalue weighted by Gasteiger charge is -2.23. The third-order valence-corrected chi connectivity index (χ3v) is 3.82. The first-order chi connectivity index (χ1) is 8.04. The molecule has 1 aliphatic rings. The van der Waals surface area contributed by atoms with Crippen LogP contribution in [0.15, 0.2) is 5.38 Å². The van der Waals surface area contributed by atoms with Gasteiger partial charge in [-0.05, 0) is 13.8 Å². The molecule has 2 atom stereocenters. The maximum atomic E-state index is 11.7. The zero-order chi connectivity index (χ0) is 12.6. The Morgan fingerprint density at radius 1 is 1.71 bits per heavy atom. The molecule has 1 fully saturated rings. The van der Waals surface area contributed by atoms with Gasteiger partial charge in [0.15, 0.2) is 0 Å². The summed E-state index contributed by atoms with van der Waals surface area (Å²) in [5.41, 5.74) is 0.701. The largest absolute Gasteiger partial charge is 0.481 e. The number of carbonyl (C=O) groups is 2. The maximum Gasteiger partial charge on any atom is 0.309 e. The molecule has 1 aliphatic heterocycles. The smallest absolute Gasteiger partial charge is 0.309 e. The Hall–Kier alpha value is -1.43. The summed E-state index contributed by atoms with van der Waals surface area (Å²) in [7, 11) is 0. The Labute approximate surface area is 103 Å². The van der Waals surface area contributed by atoms with Gasteiger partial charge in [0.2, 0.25) is 5.91 Å². The third-order valence-electron chi connectivity index (χ3n) is 3.03. The van der Waals surface area contributed by atoms with E-state index in [1.54, 1.807) is 4.90 Å². The fourth-order valence-electron chi connectivity index (χ4n) is 2.27. The minimum Gasteiger partial charge on any atom is -0.481 e. The Morgan fingerprint density at radius 3 is 2.88 bits per heavy atom. The predicted octanol–water partition coefficient (Wildman–Crippen LogP) is 1.45. The highest BCUT2D eigenvalue weighted by Crippen LogP contribution is 2.38. The standard InChI is InChI=1S/C11H14N2O3S/c1-3-13-9(14)4-7(11(15)16)10(13)8-5-17-6(2)12-8/h5,7,10H,3-4H2,1-2H3,(H,15,16). The molecule has 0 bridgehead atoms. The lowest BCUT2D eigenvalue weighted by molar-refractivity contribution is -0.142. The molecule has 2 rings (SSSR count). The maximum absolute atomic E-state index is 11.7. The van der Waals surface area contributed by atoms with Crippen molar-refractivity contribution in [2.75, 3.05) is 6.54 Å². The van der Waals surface area contributed by atoms with E-state index >= 15 is 0 Å². The van der Waals surface area contributed by atoms with Crippen molar-refractivity contribution < 1.29 is 14.7 Å². The number of hydrogen-bond acceptors (Lipinski definition) is 4. The summed E-state index contributed by atoms with van der Waals surface area (Å²) >= 11 is 1.48. The molecule has 2 heterocycles. The van der Waals surface area contributed by atoms with Crippen molar-refractivity contribution in [3.05, 3.63) is 16.1 Å². The number of carboxylic acids is 1. The minimum absolute atomic E-state index is 0.0738. The Bertz CT molecular complexity index is 457. The molecule has 1 amide bonds. The second kappa shape index (κ2) is 4.44. The average Bonchev–Trinajstić information content (AvgIpc) is 2.81. The van der Waals surface area contributed by atoms with Gasteiger partial charge in [0.05, 0.1) is 22.7 Å². The van der Waals surface area contributed by atoms with Gasteiger partial charge in [-0.15, -0.1) is 11.3 Å². The van der Waals surface area contributed by atoms with Gasteiger partial charge < -0.3 is 10.0 Å². The molecule has 0 aromatic carbocycles. The van der Waals surface area contributed by atoms with E-state index in [1.807, 2.05) is 19.2 Å². The van der Waals surface area contributed by atoms with Gasteiger partial charge in [-0.1, -0.05) is 0 Å². The molecule has 6 heteroatoms. The fraction of sp³-hybridized carbons (Fsp3) is 0.545. The van der Waals surface area contributed by atoms with Gasteiger partial charge in [-0.3, -0.25) is 9.59 Å². The predicted molar refractivity (Wildman–Crippen MR) is 62.7 cm³/mol. The van der Waals surface area contributed by atoms with E-state index in [4.69, 9.17) is 0 Å². The van der Waals surface area contributed by atoms with Crippen LogP contribution < -0.4 is 0 Å². The van der Waals surface area contributed by atoms with Crippen LogP contribution in [0.5, 0.6) is 0 Å². The second-order valence-electron chi connectivity index (χ2n) is 4.06. The van der Waals surface area contributed by atoms with Gasteiger partial charge in [0.1, 0.15) is 0 Å². The SMILES string of the molecule is CCN1C(=O)CC(C(=O)O)C1c1csc(C)n1. The summed E-state index contributed by atoms with van der Waals surface area (Å²) in [6.45, 7) is 4.25. The number of rotatable bonds is 3. The number of amides is 1. The fourth-order valence-corrected chi connectivity index (χ4v) is 2.91. The van der Waals surface area contributed by atoms with E-state index in [9.17, 15) is 14.7 Å². The molecule has 2 unspecified atom stereocenters. The first-order valence-electron chi connectivity index (χ1n) is 5.49. The molecular formula is C11H14N2O3S. The zero-order valence-electron chi connectivity index (χ0n) is 9.71. The molecule has 1 N–H and O–H groups in total. The van der Waals surface area contributed by atoms with Crippen molar-refractivity contribution in [3.8, 4) is 0 Å². The lowest BCUT2D eigenvalue weighted by Crippen LogP contribution is -2.30. The summed E-state index contributed by atoms with van der Waals surface area (Å²) in [4.78, 5) is 28.9. The molecule has 17 heavy (non-hydrogen) atoms. The summed E-state index contributed by atoms with van der Waals surface area (Å²) in [6.07, 6.45) is 0.0738. The highest BCUT2D eigenvalue weighted by molar-refractivity contribution is 7.09. The van der Waals surface area contributed by atoms with Crippen LogP contribution in [-0.2, 0) is 9.59 Å². The number of thiazole rings is 1. The van der Waals surface area contributed by atoms with E-state index in [-0.39, 0.29) is 12.3 Å². The Morgan fingerprint density at radius 2 is 2.41 bits per heavy atom. The van der Waals surface area contributed by atoms with Crippen molar-refractivity contribution in [1.29, 1.82) is 0 Å². The van der Waals surface area contributed by atoms with Crippen LogP contribution in [0.2, 0.25) is 0 Å². The van der Waals surface area contributed by atoms with E-state index in [0.717, 1.165) is 5.01 Å². The molecular weight excluding hydrogens is 240 g/mol. The average molecular weight is 254 g/mol. The molecule has 1 saturated heterocycles. The van der Waals surface area contributed by atoms with Crippen LogP contribution in [0.25, 0.3) is 0 Å². The molecule has 0 saturated carbocycles. The molecule has 92 valence electrons. The van der Waals surface area contributed by atoms with Crippen LogP contribution in [0.3, 0.4) is 0 Å². The van der Waals surface area contributed by atoms with Crippen molar-refractivity contribution >= 4 is 23.2 Å². The molecule has 0 spiro atoms. The minimum atomic E-state index is -0.926. The van der Waals surface area contributed by atoms with Crippen LogP contribution >= 0.6 is 11.3 Å². The van der Waals surface area contributed by atoms with Crippen LogP contribution in [-0.4, -0.2) is 33.4 Å². The van der Waals surface area contributed by atoms with E-state index in [2.05, 4.69) is 4.98 Å². The Balaban J connectivity index is 2.38. The number of carboxylic acid groups (broad SMARTS) is 1. The Kier molecular flexibility index (Phi) is 3.15. The van der Waals surface area contributed by atoms with Crippen LogP contribution in [0.1, 0.15) is 30.1 Å². The molecule has 0 radical (unpaired) electrons. The summed E-state index contributed by atoms with van der Waals surface area (Å²) in [6, 6.07) is -0.407. The second-order valence-corrected chi connectivity index (χ2v) is 5.13. The summed E-state index contributed by atoms with van der Waals surface area (Å²) < 4.78 is 0. The molecule has 1 aromatic rings. The van der Waals surface area contributed by atoms with E-state index < -0.39 is 17.9 Å². The normalized spacial score (nSPS) is 24.4. The topological polar surface area (TPSA) is 70.5 Å². The molecule has 0 aliphatic carbocycles. The monoisotopic (exact) mass is 254 g/mol. The summed E-state index contributed by atoms with van der Waals surface area (Å²) in [5.74, 6) is -1.70. The van der Waals surface area contributed by atoms with Gasteiger partial charge in [0.25, 0.3) is 0 Å². The highest BCUT2D eigenvalue weighted by Gasteiger charge is 2.44. The van der Waals surface area contributed by atoms with E-state index in [0.29, 0.717) is 12.2 Å². The number of carbonyl (C=O) groups excluding carboxylic acids is 1. The van der Waals surface area contributed by atoms with Gasteiger partial charge >= 0.3 is 5.97 Å². The lowest BCUT2D eigenvalue weighted by atomic mass is 9.98. The van der Waals surface area contributed by atoms with Crippen molar-refractivity contribution in [1.82, 2.24) is 9.88 Å². The number of nitrogens with zero attached hydrogens (tertiary/aromatic N) is 2. The zero-order valence-corrected chi connectivity index (χ0v) is 10.5. The van der Waals surface area contributed by atoms with Gasteiger partial charge in [-0.25, -0.2) is 4.98 Å². The quantitative estimate of drug-likeness (QED) is 0.886. The van der Waals surface area contributed by atoms with Gasteiger partial charge in [0, 0.05) is 18.3 Å². The number of aliphatic carboxylic acids is 1. The third kappa shape index (κ3) is 2.04. The number of hydrogen-bond donors (Lipinski definition) is 1. The van der Waals surface area contributed by atoms with Crippen molar-refractivity contribution in [2.24, 2.45) is 5.92 Å². The van der Waals surface area contributed by atoms with Crippen molar-refractivity contribution in [2.45, 2.75) is 26.3 Å². The first-order valence-corrected chi connectivity index (χ1v) is 6.36. The van der Waals surface area contributed by atoms with E-state index in [1.165, 1.54) is 11.3 Å². The van der Waals surface area contributed by atoms with Crippen LogP contribution in [0.4, 0.5) is 0 Å².